The quantitative estimate of drug-likeness (QED) is 0.496. The van der Waals surface area contributed by atoms with Crippen molar-refractivity contribution in [2.24, 2.45) is 4.99 Å². The Morgan fingerprint density at radius 3 is 2.78 bits per heavy atom. The van der Waals surface area contributed by atoms with Gasteiger partial charge in [-0.3, -0.25) is 4.79 Å². The van der Waals surface area contributed by atoms with E-state index in [4.69, 9.17) is 23.2 Å². The van der Waals surface area contributed by atoms with Gasteiger partial charge in [0.25, 0.3) is 5.91 Å². The van der Waals surface area contributed by atoms with Gasteiger partial charge < -0.3 is 0 Å². The van der Waals surface area contributed by atoms with Crippen molar-refractivity contribution in [3.8, 4) is 0 Å². The molecule has 0 bridgehead atoms. The minimum absolute atomic E-state index is 0.330. The summed E-state index contributed by atoms with van der Waals surface area (Å²) in [5, 5.41) is -0.0963. The third-order valence-electron chi connectivity index (χ3n) is 0.857. The molecule has 0 fully saturated rings. The van der Waals surface area contributed by atoms with Crippen LogP contribution in [-0.2, 0) is 4.79 Å². The fraction of sp³-hybridized carbons (Fsp3) is 0.200. The van der Waals surface area contributed by atoms with E-state index in [0.29, 0.717) is 5.03 Å². The van der Waals surface area contributed by atoms with E-state index in [-0.39, 0.29) is 5.91 Å². The number of dihydropyridines is 1. The molecule has 0 spiro atoms. The minimum Gasteiger partial charge on any atom is -0.267 e. The predicted molar refractivity (Wildman–Crippen MR) is 37.1 cm³/mol. The molecule has 0 saturated carbocycles. The monoisotopic (exact) mass is 163 g/mol. The first-order valence-electron chi connectivity index (χ1n) is 2.29. The molecular weight excluding hydrogens is 161 g/mol. The summed E-state index contributed by atoms with van der Waals surface area (Å²) in [6, 6.07) is 0. The molecule has 1 rings (SSSR count). The smallest absolute Gasteiger partial charge is 0.267 e. The van der Waals surface area contributed by atoms with Crippen molar-refractivity contribution in [3.05, 3.63) is 11.1 Å². The van der Waals surface area contributed by atoms with E-state index in [0.717, 1.165) is 0 Å². The molecule has 0 aliphatic carbocycles. The predicted octanol–water partition coefficient (Wildman–Crippen LogP) is 1.33. The average molecular weight is 164 g/mol. The van der Waals surface area contributed by atoms with E-state index in [9.17, 15) is 4.79 Å². The highest BCUT2D eigenvalue weighted by atomic mass is 35.5. The summed E-state index contributed by atoms with van der Waals surface area (Å²) in [6.45, 7) is 0. The highest BCUT2D eigenvalue weighted by molar-refractivity contribution is 6.43. The highest BCUT2D eigenvalue weighted by Gasteiger charge is 2.11. The van der Waals surface area contributed by atoms with Crippen LogP contribution in [0, 0.1) is 0 Å². The molecule has 0 saturated heterocycles. The second-order valence-corrected chi connectivity index (χ2v) is 2.45. The van der Waals surface area contributed by atoms with Crippen molar-refractivity contribution < 1.29 is 4.79 Å². The van der Waals surface area contributed by atoms with E-state index >= 15 is 0 Å². The second kappa shape index (κ2) is 2.50. The van der Waals surface area contributed by atoms with Crippen LogP contribution < -0.4 is 0 Å². The van der Waals surface area contributed by atoms with Gasteiger partial charge in [0.15, 0.2) is 0 Å². The van der Waals surface area contributed by atoms with Crippen LogP contribution in [0.2, 0.25) is 0 Å². The van der Waals surface area contributed by atoms with E-state index in [1.54, 1.807) is 0 Å². The van der Waals surface area contributed by atoms with Crippen molar-refractivity contribution in [3.63, 3.8) is 0 Å². The lowest BCUT2D eigenvalue weighted by atomic mass is 10.3. The molecule has 4 heteroatoms. The van der Waals surface area contributed by atoms with Gasteiger partial charge in [0.1, 0.15) is 5.38 Å². The molecule has 0 N–H and O–H groups in total. The molecule has 1 aliphatic heterocycles. The number of hydrogen-bond donors (Lipinski definition) is 0. The van der Waals surface area contributed by atoms with E-state index < -0.39 is 5.38 Å². The number of hydrogen-bond acceptors (Lipinski definition) is 1. The maximum Gasteiger partial charge on any atom is 0.270 e. The SMILES string of the molecule is O=C1C=C(Cl)C(Cl)C=N1. The maximum atomic E-state index is 10.4. The molecule has 1 atom stereocenters. The van der Waals surface area contributed by atoms with E-state index in [1.165, 1.54) is 12.3 Å². The van der Waals surface area contributed by atoms with Gasteiger partial charge in [-0.1, -0.05) is 11.6 Å². The molecule has 9 heavy (non-hydrogen) atoms. The summed E-state index contributed by atoms with van der Waals surface area (Å²) in [6.07, 6.45) is 2.52. The number of allylic oxidation sites excluding steroid dienone is 1. The number of alkyl halides is 1. The van der Waals surface area contributed by atoms with Gasteiger partial charge in [0.05, 0.1) is 0 Å². The van der Waals surface area contributed by atoms with Crippen molar-refractivity contribution in [1.82, 2.24) is 0 Å². The lowest BCUT2D eigenvalue weighted by Gasteiger charge is -2.03. The van der Waals surface area contributed by atoms with Gasteiger partial charge in [-0.25, -0.2) is 4.99 Å². The molecule has 2 nitrogen and oxygen atoms in total. The first kappa shape index (κ1) is 6.78. The normalized spacial score (nSPS) is 26.2. The summed E-state index contributed by atoms with van der Waals surface area (Å²) < 4.78 is 0. The summed E-state index contributed by atoms with van der Waals surface area (Å²) >= 11 is 11.0. The molecule has 0 aromatic rings. The molecule has 1 heterocycles. The van der Waals surface area contributed by atoms with Crippen molar-refractivity contribution in [1.29, 1.82) is 0 Å². The Labute approximate surface area is 62.2 Å². The second-order valence-electron chi connectivity index (χ2n) is 1.55. The minimum atomic E-state index is -0.427. The van der Waals surface area contributed by atoms with Crippen LogP contribution in [0.25, 0.3) is 0 Å². The fourth-order valence-electron chi connectivity index (χ4n) is 0.445. The van der Waals surface area contributed by atoms with Crippen LogP contribution in [0.5, 0.6) is 0 Å². The largest absolute Gasteiger partial charge is 0.270 e. The van der Waals surface area contributed by atoms with Gasteiger partial charge in [0, 0.05) is 17.3 Å². The Balaban J connectivity index is 2.82. The Kier molecular flexibility index (Phi) is 1.88. The molecular formula is C5H3Cl2NO. The third kappa shape index (κ3) is 1.53. The number of carbonyl (C=O) groups is 1. The Bertz CT molecular complexity index is 197. The van der Waals surface area contributed by atoms with Crippen LogP contribution in [0.1, 0.15) is 0 Å². The van der Waals surface area contributed by atoms with Crippen molar-refractivity contribution >= 4 is 35.3 Å². The number of halogens is 2. The first-order chi connectivity index (χ1) is 4.20. The van der Waals surface area contributed by atoms with E-state index in [1.807, 2.05) is 0 Å². The zero-order chi connectivity index (χ0) is 6.85. The van der Waals surface area contributed by atoms with Crippen LogP contribution >= 0.6 is 23.2 Å². The highest BCUT2D eigenvalue weighted by Crippen LogP contribution is 2.15. The maximum absolute atomic E-state index is 10.4. The van der Waals surface area contributed by atoms with Crippen LogP contribution in [0.4, 0.5) is 0 Å². The molecule has 1 amide bonds. The lowest BCUT2D eigenvalue weighted by molar-refractivity contribution is -0.113. The van der Waals surface area contributed by atoms with Gasteiger partial charge in [0.2, 0.25) is 0 Å². The Hall–Kier alpha value is -0.340. The summed E-state index contributed by atoms with van der Waals surface area (Å²) in [5.41, 5.74) is 0. The number of nitrogens with zero attached hydrogens (tertiary/aromatic N) is 1. The molecule has 1 aliphatic rings. The molecule has 1 unspecified atom stereocenters. The van der Waals surface area contributed by atoms with Gasteiger partial charge in [-0.15, -0.1) is 11.6 Å². The molecule has 48 valence electrons. The standard InChI is InChI=1S/C5H3Cl2NO/c6-3-1-5(9)8-2-4(3)7/h1-2,4H. The zero-order valence-electron chi connectivity index (χ0n) is 4.34. The number of carbonyl (C=O) groups excluding carboxylic acids is 1. The molecule has 0 aromatic carbocycles. The molecule has 0 radical (unpaired) electrons. The van der Waals surface area contributed by atoms with Crippen LogP contribution in [-0.4, -0.2) is 17.5 Å². The number of aliphatic imine (C=N–C) groups is 1. The van der Waals surface area contributed by atoms with Gasteiger partial charge >= 0.3 is 0 Å². The third-order valence-corrected chi connectivity index (χ3v) is 1.66. The zero-order valence-corrected chi connectivity index (χ0v) is 5.86. The Morgan fingerprint density at radius 2 is 2.33 bits per heavy atom. The first-order valence-corrected chi connectivity index (χ1v) is 3.11. The lowest BCUT2D eigenvalue weighted by Crippen LogP contribution is -2.08. The number of rotatable bonds is 0. The topological polar surface area (TPSA) is 29.4 Å². The fourth-order valence-corrected chi connectivity index (χ4v) is 0.714. The summed E-state index contributed by atoms with van der Waals surface area (Å²) in [7, 11) is 0. The van der Waals surface area contributed by atoms with Crippen molar-refractivity contribution in [2.75, 3.05) is 0 Å². The average Bonchev–Trinajstić information content (AvgIpc) is 1.80. The summed E-state index contributed by atoms with van der Waals surface area (Å²) in [5.74, 6) is -0.350. The summed E-state index contributed by atoms with van der Waals surface area (Å²) in [4.78, 5) is 13.8. The van der Waals surface area contributed by atoms with Gasteiger partial charge in [-0.05, 0) is 0 Å². The Morgan fingerprint density at radius 1 is 1.67 bits per heavy atom. The van der Waals surface area contributed by atoms with Crippen LogP contribution in [0.15, 0.2) is 16.1 Å². The van der Waals surface area contributed by atoms with Crippen LogP contribution in [0.3, 0.4) is 0 Å². The number of amides is 1. The van der Waals surface area contributed by atoms with E-state index in [2.05, 4.69) is 4.99 Å². The molecule has 0 aromatic heterocycles. The van der Waals surface area contributed by atoms with Crippen molar-refractivity contribution in [2.45, 2.75) is 5.38 Å². The van der Waals surface area contributed by atoms with Gasteiger partial charge in [-0.2, -0.15) is 0 Å².